The minimum atomic E-state index is -0.355. The van der Waals surface area contributed by atoms with E-state index in [2.05, 4.69) is 27.4 Å². The zero-order valence-electron chi connectivity index (χ0n) is 17.8. The Bertz CT molecular complexity index is 1450. The molecule has 32 heavy (non-hydrogen) atoms. The molecule has 0 radical (unpaired) electrons. The average Bonchev–Trinajstić information content (AvgIpc) is 3.40. The molecule has 1 aromatic carbocycles. The number of nitrogens with zero attached hydrogens (tertiary/aromatic N) is 2. The van der Waals surface area contributed by atoms with Gasteiger partial charge in [-0.1, -0.05) is 12.1 Å². The van der Waals surface area contributed by atoms with Crippen LogP contribution in [0.1, 0.15) is 29.9 Å². The summed E-state index contributed by atoms with van der Waals surface area (Å²) < 4.78 is 7.52. The number of rotatable bonds is 4. The number of aromatic nitrogens is 3. The van der Waals surface area contributed by atoms with Crippen molar-refractivity contribution in [3.8, 4) is 5.75 Å². The third-order valence-electron chi connectivity index (χ3n) is 7.14. The first-order valence-electron chi connectivity index (χ1n) is 11.0. The lowest BCUT2D eigenvalue weighted by atomic mass is 9.73. The van der Waals surface area contributed by atoms with Crippen molar-refractivity contribution in [3.05, 3.63) is 68.5 Å². The van der Waals surface area contributed by atoms with Crippen LogP contribution in [-0.2, 0) is 13.0 Å². The van der Waals surface area contributed by atoms with E-state index in [0.717, 1.165) is 41.8 Å². The molecular formula is C24H24N4O3S. The fourth-order valence-electron chi connectivity index (χ4n) is 5.67. The molecule has 1 fully saturated rings. The number of H-pyrrole nitrogens is 1. The van der Waals surface area contributed by atoms with E-state index in [-0.39, 0.29) is 17.3 Å². The van der Waals surface area contributed by atoms with E-state index in [4.69, 9.17) is 4.74 Å². The van der Waals surface area contributed by atoms with Crippen molar-refractivity contribution >= 4 is 31.8 Å². The normalized spacial score (nSPS) is 22.2. The van der Waals surface area contributed by atoms with Crippen molar-refractivity contribution in [1.82, 2.24) is 19.9 Å². The first-order chi connectivity index (χ1) is 15.7. The molecule has 1 unspecified atom stereocenters. The van der Waals surface area contributed by atoms with Crippen molar-refractivity contribution < 1.29 is 4.74 Å². The highest BCUT2D eigenvalue weighted by molar-refractivity contribution is 7.25. The van der Waals surface area contributed by atoms with E-state index in [0.29, 0.717) is 28.6 Å². The van der Waals surface area contributed by atoms with Gasteiger partial charge in [-0.15, -0.1) is 11.3 Å². The summed E-state index contributed by atoms with van der Waals surface area (Å²) in [6.45, 7) is 1.35. The van der Waals surface area contributed by atoms with E-state index in [9.17, 15) is 9.59 Å². The quantitative estimate of drug-likeness (QED) is 0.501. The molecular weight excluding hydrogens is 424 g/mol. The predicted octanol–water partition coefficient (Wildman–Crippen LogP) is 3.02. The Morgan fingerprint density at radius 1 is 1.25 bits per heavy atom. The molecule has 6 rings (SSSR count). The molecule has 3 atom stereocenters. The Morgan fingerprint density at radius 3 is 3.03 bits per heavy atom. The summed E-state index contributed by atoms with van der Waals surface area (Å²) in [5, 5.41) is 4.49. The van der Waals surface area contributed by atoms with E-state index in [1.165, 1.54) is 27.0 Å². The molecule has 4 heterocycles. The second kappa shape index (κ2) is 7.56. The number of ether oxygens (including phenoxy) is 1. The maximum absolute atomic E-state index is 13.2. The Labute approximate surface area is 188 Å². The second-order valence-corrected chi connectivity index (χ2v) is 9.70. The lowest BCUT2D eigenvalue weighted by Gasteiger charge is -2.32. The van der Waals surface area contributed by atoms with Crippen LogP contribution in [-0.4, -0.2) is 34.2 Å². The Morgan fingerprint density at radius 2 is 2.16 bits per heavy atom. The van der Waals surface area contributed by atoms with Gasteiger partial charge in [-0.25, -0.2) is 9.78 Å². The molecule has 2 aliphatic rings. The monoisotopic (exact) mass is 448 g/mol. The number of methoxy groups -OCH3 is 1. The molecule has 0 saturated carbocycles. The number of aromatic amines is 1. The SMILES string of the molecule is COc1cccc2c1CC[C@H]1CNC(CCn3c(=O)[nH]c4c(sc5ncccc54)c3=O)[C@@H]21. The molecule has 4 aromatic rings. The second-order valence-electron chi connectivity index (χ2n) is 8.71. The molecule has 0 spiro atoms. The Balaban J connectivity index is 1.33. The number of hydrogen-bond acceptors (Lipinski definition) is 6. The van der Waals surface area contributed by atoms with E-state index < -0.39 is 0 Å². The van der Waals surface area contributed by atoms with Crippen molar-refractivity contribution in [2.45, 2.75) is 37.8 Å². The topological polar surface area (TPSA) is 89.0 Å². The molecule has 7 nitrogen and oxygen atoms in total. The van der Waals surface area contributed by atoms with Crippen LogP contribution >= 0.6 is 11.3 Å². The van der Waals surface area contributed by atoms with Gasteiger partial charge in [0.05, 0.1) is 12.6 Å². The van der Waals surface area contributed by atoms with Crippen LogP contribution in [0.15, 0.2) is 46.1 Å². The molecule has 0 amide bonds. The Hall–Kier alpha value is -2.97. The highest BCUT2D eigenvalue weighted by atomic mass is 32.1. The highest BCUT2D eigenvalue weighted by Gasteiger charge is 2.40. The molecule has 0 bridgehead atoms. The first kappa shape index (κ1) is 19.7. The van der Waals surface area contributed by atoms with Crippen LogP contribution in [0, 0.1) is 5.92 Å². The number of nitrogens with one attached hydrogen (secondary N) is 2. The van der Waals surface area contributed by atoms with Crippen molar-refractivity contribution in [1.29, 1.82) is 0 Å². The maximum atomic E-state index is 13.2. The molecule has 8 heteroatoms. The highest BCUT2D eigenvalue weighted by Crippen LogP contribution is 2.45. The van der Waals surface area contributed by atoms with E-state index in [1.807, 2.05) is 18.2 Å². The average molecular weight is 449 g/mol. The van der Waals surface area contributed by atoms with Crippen LogP contribution in [0.3, 0.4) is 0 Å². The summed E-state index contributed by atoms with van der Waals surface area (Å²) in [5.74, 6) is 1.91. The smallest absolute Gasteiger partial charge is 0.328 e. The van der Waals surface area contributed by atoms with Gasteiger partial charge in [-0.2, -0.15) is 0 Å². The number of hydrogen-bond donors (Lipinski definition) is 2. The van der Waals surface area contributed by atoms with Crippen LogP contribution in [0.4, 0.5) is 0 Å². The van der Waals surface area contributed by atoms with E-state index >= 15 is 0 Å². The van der Waals surface area contributed by atoms with Crippen LogP contribution < -0.4 is 21.3 Å². The molecule has 1 aliphatic heterocycles. The summed E-state index contributed by atoms with van der Waals surface area (Å²) in [6.07, 6.45) is 4.58. The summed E-state index contributed by atoms with van der Waals surface area (Å²) in [6, 6.07) is 10.2. The summed E-state index contributed by atoms with van der Waals surface area (Å²) >= 11 is 1.34. The molecule has 3 aromatic heterocycles. The predicted molar refractivity (Wildman–Crippen MR) is 126 cm³/mol. The third kappa shape index (κ3) is 2.93. The first-order valence-corrected chi connectivity index (χ1v) is 11.9. The molecule has 2 N–H and O–H groups in total. The number of benzene rings is 1. The van der Waals surface area contributed by atoms with Gasteiger partial charge in [0.2, 0.25) is 0 Å². The van der Waals surface area contributed by atoms with Crippen molar-refractivity contribution in [2.24, 2.45) is 5.92 Å². The zero-order valence-corrected chi connectivity index (χ0v) is 18.6. The minimum absolute atomic E-state index is 0.220. The third-order valence-corrected chi connectivity index (χ3v) is 8.25. The van der Waals surface area contributed by atoms with Gasteiger partial charge in [-0.3, -0.25) is 9.36 Å². The summed E-state index contributed by atoms with van der Waals surface area (Å²) in [7, 11) is 1.73. The van der Waals surface area contributed by atoms with Crippen molar-refractivity contribution in [2.75, 3.05) is 13.7 Å². The van der Waals surface area contributed by atoms with Gasteiger partial charge >= 0.3 is 5.69 Å². The fraction of sp³-hybridized carbons (Fsp3) is 0.375. The standard InChI is InChI=1S/C24H24N4O3S/c1-31-18-6-2-4-15-14(18)8-7-13-12-26-17(19(13)15)9-11-28-23(29)21-20(27-24(28)30)16-5-3-10-25-22(16)32-21/h2-6,10,13,17,19,26H,7-9,11-12H2,1H3,(H,27,30)/t13-,17?,19+/m0/s1. The number of pyridine rings is 1. The molecule has 164 valence electrons. The van der Waals surface area contributed by atoms with Gasteiger partial charge in [0.25, 0.3) is 5.56 Å². The Kier molecular flexibility index (Phi) is 4.66. The molecule has 1 saturated heterocycles. The van der Waals surface area contributed by atoms with Crippen LogP contribution in [0.5, 0.6) is 5.75 Å². The lowest BCUT2D eigenvalue weighted by molar-refractivity contribution is 0.371. The van der Waals surface area contributed by atoms with Crippen LogP contribution in [0.2, 0.25) is 0 Å². The summed E-state index contributed by atoms with van der Waals surface area (Å²) in [5.41, 5.74) is 2.66. The van der Waals surface area contributed by atoms with Gasteiger partial charge < -0.3 is 15.0 Å². The van der Waals surface area contributed by atoms with Gasteiger partial charge in [0.15, 0.2) is 0 Å². The minimum Gasteiger partial charge on any atom is -0.496 e. The van der Waals surface area contributed by atoms with Crippen LogP contribution in [0.25, 0.3) is 20.4 Å². The lowest BCUT2D eigenvalue weighted by Crippen LogP contribution is -2.37. The van der Waals surface area contributed by atoms with Gasteiger partial charge in [0.1, 0.15) is 15.3 Å². The van der Waals surface area contributed by atoms with Gasteiger partial charge in [0, 0.05) is 30.1 Å². The largest absolute Gasteiger partial charge is 0.496 e. The van der Waals surface area contributed by atoms with Crippen molar-refractivity contribution in [3.63, 3.8) is 0 Å². The van der Waals surface area contributed by atoms with Gasteiger partial charge in [-0.05, 0) is 61.1 Å². The molecule has 1 aliphatic carbocycles. The maximum Gasteiger partial charge on any atom is 0.328 e. The fourth-order valence-corrected chi connectivity index (χ4v) is 6.72. The summed E-state index contributed by atoms with van der Waals surface area (Å²) in [4.78, 5) is 34.0. The van der Waals surface area contributed by atoms with E-state index in [1.54, 1.807) is 13.3 Å². The number of thiophene rings is 1. The zero-order chi connectivity index (χ0) is 21.8. The number of fused-ring (bicyclic) bond motifs is 6.